The monoisotopic (exact) mass is 648 g/mol. The van der Waals surface area contributed by atoms with Crippen LogP contribution in [0.2, 0.25) is 5.02 Å². The van der Waals surface area contributed by atoms with Gasteiger partial charge in [0.25, 0.3) is 5.91 Å². The van der Waals surface area contributed by atoms with Crippen molar-refractivity contribution in [2.45, 2.75) is 103 Å². The molecular formula is C33H46BrClN2O2S. The van der Waals surface area contributed by atoms with Crippen molar-refractivity contribution in [1.82, 2.24) is 0 Å². The average molecular weight is 650 g/mol. The molecule has 0 fully saturated rings. The highest BCUT2D eigenvalue weighted by atomic mass is 79.9. The molecule has 1 amide bonds. The van der Waals surface area contributed by atoms with Crippen LogP contribution >= 0.6 is 22.9 Å². The van der Waals surface area contributed by atoms with Gasteiger partial charge < -0.3 is 27.0 Å². The van der Waals surface area contributed by atoms with Crippen LogP contribution in [0.25, 0.3) is 0 Å². The van der Waals surface area contributed by atoms with Crippen LogP contribution in [0, 0.1) is 0 Å². The van der Waals surface area contributed by atoms with E-state index in [-0.39, 0.29) is 22.9 Å². The zero-order valence-corrected chi connectivity index (χ0v) is 27.2. The van der Waals surface area contributed by atoms with E-state index in [2.05, 4.69) is 33.9 Å². The van der Waals surface area contributed by atoms with E-state index in [0.717, 1.165) is 18.7 Å². The van der Waals surface area contributed by atoms with Crippen molar-refractivity contribution in [3.63, 3.8) is 0 Å². The Hall–Kier alpha value is -1.89. The lowest BCUT2D eigenvalue weighted by Crippen LogP contribution is -3.00. The van der Waals surface area contributed by atoms with Crippen molar-refractivity contribution in [2.24, 2.45) is 0 Å². The largest absolute Gasteiger partial charge is 1.00 e. The van der Waals surface area contributed by atoms with Crippen LogP contribution in [0.5, 0.6) is 5.75 Å². The smallest absolute Gasteiger partial charge is 0.257 e. The minimum Gasteiger partial charge on any atom is -1.00 e. The maximum Gasteiger partial charge on any atom is 0.257 e. The zero-order valence-electron chi connectivity index (χ0n) is 24.0. The number of thiazole rings is 1. The number of anilines is 1. The summed E-state index contributed by atoms with van der Waals surface area (Å²) in [5.74, 6) is 0.486. The number of nitrogens with zero attached hydrogens (tertiary/aromatic N) is 1. The predicted molar refractivity (Wildman–Crippen MR) is 165 cm³/mol. The molecular weight excluding hydrogens is 604 g/mol. The summed E-state index contributed by atoms with van der Waals surface area (Å²) in [4.78, 5) is 12.8. The van der Waals surface area contributed by atoms with Crippen molar-refractivity contribution >= 4 is 34.5 Å². The highest BCUT2D eigenvalue weighted by Crippen LogP contribution is 2.24. The van der Waals surface area contributed by atoms with Crippen LogP contribution in [0.4, 0.5) is 5.69 Å². The number of amides is 1. The van der Waals surface area contributed by atoms with Crippen LogP contribution in [0.15, 0.2) is 59.6 Å². The first-order valence-electron chi connectivity index (χ1n) is 14.9. The summed E-state index contributed by atoms with van der Waals surface area (Å²) in [6.07, 6.45) is 20.8. The highest BCUT2D eigenvalue weighted by molar-refractivity contribution is 7.07. The van der Waals surface area contributed by atoms with E-state index in [1.807, 2.05) is 30.3 Å². The number of nitrogens with one attached hydrogen (secondary N) is 1. The summed E-state index contributed by atoms with van der Waals surface area (Å²) < 4.78 is 8.01. The third-order valence-corrected chi connectivity index (χ3v) is 8.04. The first-order chi connectivity index (χ1) is 19.2. The lowest BCUT2D eigenvalue weighted by molar-refractivity contribution is -0.683. The van der Waals surface area contributed by atoms with Crippen LogP contribution in [0.1, 0.15) is 113 Å². The molecule has 220 valence electrons. The van der Waals surface area contributed by atoms with Gasteiger partial charge in [-0.2, -0.15) is 4.57 Å². The molecule has 0 saturated heterocycles. The van der Waals surface area contributed by atoms with Gasteiger partial charge in [0.2, 0.25) is 5.51 Å². The van der Waals surface area contributed by atoms with Gasteiger partial charge >= 0.3 is 0 Å². The zero-order chi connectivity index (χ0) is 27.5. The Kier molecular flexibility index (Phi) is 17.9. The number of unbranched alkanes of at least 4 members (excludes halogenated alkanes) is 13. The van der Waals surface area contributed by atoms with Gasteiger partial charge in [0.1, 0.15) is 5.75 Å². The number of aromatic nitrogens is 1. The standard InChI is InChI=1S/C33H45ClN2O2S.BrH/c1-2-3-4-5-6-7-8-9-10-11-12-13-14-15-23-38-30-20-21-31(32(34)25-30)33(37)35-29-18-16-28(17-19-29)26-36-22-24-39-27-36;/h16-22,24-25,27H,2-15,23,26H2,1H3;1H. The van der Waals surface area contributed by atoms with Gasteiger partial charge in [0.15, 0.2) is 12.7 Å². The van der Waals surface area contributed by atoms with E-state index in [4.69, 9.17) is 16.3 Å². The van der Waals surface area contributed by atoms with Gasteiger partial charge in [-0.1, -0.05) is 125 Å². The molecule has 0 aliphatic rings. The number of halogens is 2. The highest BCUT2D eigenvalue weighted by Gasteiger charge is 2.12. The summed E-state index contributed by atoms with van der Waals surface area (Å²) in [5, 5.41) is 5.39. The van der Waals surface area contributed by atoms with Gasteiger partial charge in [-0.05, 0) is 36.8 Å². The SMILES string of the molecule is CCCCCCCCCCCCCCCCOc1ccc(C(=O)Nc2ccc(C[n+]3ccsc3)cc2)c(Cl)c1.[Br-]. The van der Waals surface area contributed by atoms with Crippen molar-refractivity contribution in [2.75, 3.05) is 11.9 Å². The number of hydrogen-bond acceptors (Lipinski definition) is 3. The van der Waals surface area contributed by atoms with Gasteiger partial charge in [-0.25, -0.2) is 0 Å². The molecule has 1 heterocycles. The molecule has 0 unspecified atom stereocenters. The molecule has 40 heavy (non-hydrogen) atoms. The van der Waals surface area contributed by atoms with E-state index in [1.165, 1.54) is 89.0 Å². The topological polar surface area (TPSA) is 42.2 Å². The van der Waals surface area contributed by atoms with Crippen molar-refractivity contribution in [1.29, 1.82) is 0 Å². The first kappa shape index (κ1) is 34.3. The summed E-state index contributed by atoms with van der Waals surface area (Å²) in [7, 11) is 0. The minimum atomic E-state index is -0.224. The van der Waals surface area contributed by atoms with Crippen LogP contribution < -0.4 is 31.6 Å². The Morgan fingerprint density at radius 2 is 1.45 bits per heavy atom. The predicted octanol–water partition coefficient (Wildman–Crippen LogP) is 6.85. The molecule has 3 aromatic rings. The molecule has 7 heteroatoms. The Labute approximate surface area is 261 Å². The quantitative estimate of drug-likeness (QED) is 0.107. The molecule has 1 N–H and O–H groups in total. The van der Waals surface area contributed by atoms with Crippen LogP contribution in [0.3, 0.4) is 0 Å². The number of carbonyl (C=O) groups excluding carboxylic acids is 1. The average Bonchev–Trinajstić information content (AvgIpc) is 3.45. The fraction of sp³-hybridized carbons (Fsp3) is 0.515. The third-order valence-electron chi connectivity index (χ3n) is 7.06. The van der Waals surface area contributed by atoms with Gasteiger partial charge in [0.05, 0.1) is 22.6 Å². The second-order valence-electron chi connectivity index (χ2n) is 10.4. The second kappa shape index (κ2) is 20.9. The summed E-state index contributed by atoms with van der Waals surface area (Å²) in [5.41, 5.74) is 4.44. The molecule has 0 bridgehead atoms. The lowest BCUT2D eigenvalue weighted by atomic mass is 10.0. The summed E-state index contributed by atoms with van der Waals surface area (Å²) in [6, 6.07) is 13.2. The van der Waals surface area contributed by atoms with Gasteiger partial charge in [-0.3, -0.25) is 4.79 Å². The summed E-state index contributed by atoms with van der Waals surface area (Å²) >= 11 is 8.09. The number of benzene rings is 2. The van der Waals surface area contributed by atoms with E-state index in [9.17, 15) is 4.79 Å². The molecule has 0 atom stereocenters. The van der Waals surface area contributed by atoms with Crippen molar-refractivity contribution in [3.8, 4) is 5.75 Å². The Bertz CT molecular complexity index is 1080. The fourth-order valence-corrected chi connectivity index (χ4v) is 5.57. The van der Waals surface area contributed by atoms with Crippen molar-refractivity contribution in [3.05, 3.63) is 75.7 Å². The Balaban J connectivity index is 0.00000560. The van der Waals surface area contributed by atoms with E-state index < -0.39 is 0 Å². The molecule has 1 aromatic heterocycles. The van der Waals surface area contributed by atoms with Crippen molar-refractivity contribution < 1.29 is 31.1 Å². The van der Waals surface area contributed by atoms with E-state index in [0.29, 0.717) is 22.9 Å². The van der Waals surface area contributed by atoms with Gasteiger partial charge in [0, 0.05) is 11.3 Å². The maximum absolute atomic E-state index is 12.8. The Morgan fingerprint density at radius 1 is 0.850 bits per heavy atom. The molecule has 2 aromatic carbocycles. The number of rotatable bonds is 20. The molecule has 0 radical (unpaired) electrons. The molecule has 3 rings (SSSR count). The minimum absolute atomic E-state index is 0. The van der Waals surface area contributed by atoms with Gasteiger partial charge in [-0.15, -0.1) is 0 Å². The molecule has 4 nitrogen and oxygen atoms in total. The summed E-state index contributed by atoms with van der Waals surface area (Å²) in [6.45, 7) is 3.76. The van der Waals surface area contributed by atoms with E-state index >= 15 is 0 Å². The normalized spacial score (nSPS) is 10.8. The second-order valence-corrected chi connectivity index (χ2v) is 11.6. The molecule has 0 aliphatic carbocycles. The third kappa shape index (κ3) is 13.6. The first-order valence-corrected chi connectivity index (χ1v) is 16.2. The Morgan fingerprint density at radius 3 is 2.00 bits per heavy atom. The molecule has 0 spiro atoms. The molecule has 0 saturated carbocycles. The van der Waals surface area contributed by atoms with E-state index in [1.54, 1.807) is 23.5 Å². The molecule has 0 aliphatic heterocycles. The van der Waals surface area contributed by atoms with Crippen LogP contribution in [-0.2, 0) is 6.54 Å². The van der Waals surface area contributed by atoms with Crippen LogP contribution in [-0.4, -0.2) is 12.5 Å². The number of hydrogen-bond donors (Lipinski definition) is 1. The number of carbonyl (C=O) groups is 1. The fourth-order valence-electron chi connectivity index (χ4n) is 4.71. The number of ether oxygens (including phenoxy) is 1. The lowest BCUT2D eigenvalue weighted by Gasteiger charge is -2.10. The maximum atomic E-state index is 12.8.